The Morgan fingerprint density at radius 1 is 0.714 bits per heavy atom. The highest BCUT2D eigenvalue weighted by molar-refractivity contribution is 5.52. The minimum atomic E-state index is 0.944. The Kier molecular flexibility index (Phi) is 10.6. The van der Waals surface area contributed by atoms with Gasteiger partial charge < -0.3 is 10.7 Å². The molecule has 3 heteroatoms. The van der Waals surface area contributed by atoms with E-state index in [9.17, 15) is 0 Å². The molecule has 0 aliphatic rings. The van der Waals surface area contributed by atoms with Gasteiger partial charge in [0.25, 0.3) is 0 Å². The first kappa shape index (κ1) is 17.8. The number of rotatable bonds is 13. The van der Waals surface area contributed by atoms with Crippen molar-refractivity contribution in [2.45, 2.75) is 71.1 Å². The summed E-state index contributed by atoms with van der Waals surface area (Å²) in [6.45, 7) is 3.34. The van der Waals surface area contributed by atoms with Crippen LogP contribution in [0.25, 0.3) is 0 Å². The number of nitrogens with two attached hydrogens (primary N) is 1. The monoisotopic (exact) mass is 291 g/mol. The van der Waals surface area contributed by atoms with Crippen LogP contribution in [0.15, 0.2) is 24.3 Å². The predicted molar refractivity (Wildman–Crippen MR) is 94.6 cm³/mol. The van der Waals surface area contributed by atoms with Crippen molar-refractivity contribution in [3.05, 3.63) is 24.3 Å². The van der Waals surface area contributed by atoms with Crippen LogP contribution >= 0.6 is 0 Å². The molecule has 0 amide bonds. The van der Waals surface area contributed by atoms with Crippen molar-refractivity contribution in [1.29, 1.82) is 0 Å². The Balaban J connectivity index is 1.88. The van der Waals surface area contributed by atoms with Gasteiger partial charge in [-0.05, 0) is 30.7 Å². The molecule has 0 aliphatic heterocycles. The summed E-state index contributed by atoms with van der Waals surface area (Å²) in [4.78, 5) is 0. The maximum Gasteiger partial charge on any atom is 0.0486 e. The van der Waals surface area contributed by atoms with Crippen LogP contribution in [-0.2, 0) is 0 Å². The second-order valence-electron chi connectivity index (χ2n) is 5.83. The summed E-state index contributed by atoms with van der Waals surface area (Å²) in [6.07, 6.45) is 13.9. The van der Waals surface area contributed by atoms with Crippen molar-refractivity contribution in [1.82, 2.24) is 0 Å². The fourth-order valence-electron chi connectivity index (χ4n) is 2.53. The lowest BCUT2D eigenvalue weighted by Crippen LogP contribution is -2.06. The van der Waals surface area contributed by atoms with E-state index in [1.54, 1.807) is 0 Å². The Labute approximate surface area is 130 Å². The summed E-state index contributed by atoms with van der Waals surface area (Å²) < 4.78 is 0. The molecule has 1 aromatic rings. The molecular weight excluding hydrogens is 258 g/mol. The van der Waals surface area contributed by atoms with E-state index in [4.69, 9.17) is 5.84 Å². The summed E-state index contributed by atoms with van der Waals surface area (Å²) in [5.74, 6) is 5.34. The van der Waals surface area contributed by atoms with E-state index in [0.29, 0.717) is 0 Å². The van der Waals surface area contributed by atoms with Crippen LogP contribution in [0.2, 0.25) is 0 Å². The zero-order valence-electron chi connectivity index (χ0n) is 13.7. The van der Waals surface area contributed by atoms with Crippen molar-refractivity contribution in [3.8, 4) is 0 Å². The average Bonchev–Trinajstić information content (AvgIpc) is 2.53. The van der Waals surface area contributed by atoms with Crippen LogP contribution in [0.5, 0.6) is 0 Å². The molecule has 1 aromatic carbocycles. The molecule has 0 aromatic heterocycles. The van der Waals surface area contributed by atoms with E-state index in [1.165, 1.54) is 69.9 Å². The lowest BCUT2D eigenvalue weighted by molar-refractivity contribution is 0.560. The molecule has 120 valence electrons. The van der Waals surface area contributed by atoms with Crippen LogP contribution in [0.3, 0.4) is 0 Å². The molecule has 3 nitrogen and oxygen atoms in total. The minimum absolute atomic E-state index is 0.944. The van der Waals surface area contributed by atoms with Gasteiger partial charge in [0.15, 0.2) is 0 Å². The Hall–Kier alpha value is -1.22. The first-order valence-corrected chi connectivity index (χ1v) is 8.67. The van der Waals surface area contributed by atoms with Gasteiger partial charge in [-0.3, -0.25) is 5.84 Å². The normalized spacial score (nSPS) is 10.6. The molecule has 0 saturated heterocycles. The molecule has 0 saturated carbocycles. The predicted octanol–water partition coefficient (Wildman–Crippen LogP) is 5.31. The fourth-order valence-corrected chi connectivity index (χ4v) is 2.53. The second kappa shape index (κ2) is 12.5. The van der Waals surface area contributed by atoms with Crippen molar-refractivity contribution >= 4 is 11.4 Å². The maximum absolute atomic E-state index is 5.34. The molecule has 1 rings (SSSR count). The molecule has 4 N–H and O–H groups in total. The van der Waals surface area contributed by atoms with Gasteiger partial charge in [0, 0.05) is 17.9 Å². The lowest BCUT2D eigenvalue weighted by Gasteiger charge is -2.07. The molecule has 0 heterocycles. The summed E-state index contributed by atoms with van der Waals surface area (Å²) in [6, 6.07) is 8.10. The summed E-state index contributed by atoms with van der Waals surface area (Å²) in [7, 11) is 0. The minimum Gasteiger partial charge on any atom is -0.385 e. The third-order valence-corrected chi connectivity index (χ3v) is 3.91. The maximum atomic E-state index is 5.34. The van der Waals surface area contributed by atoms with Gasteiger partial charge in [0.2, 0.25) is 0 Å². The van der Waals surface area contributed by atoms with Crippen molar-refractivity contribution in [2.75, 3.05) is 17.3 Å². The largest absolute Gasteiger partial charge is 0.385 e. The number of nitrogen functional groups attached to an aromatic ring is 1. The van der Waals surface area contributed by atoms with Crippen molar-refractivity contribution in [3.63, 3.8) is 0 Å². The van der Waals surface area contributed by atoms with Gasteiger partial charge in [-0.2, -0.15) is 0 Å². The van der Waals surface area contributed by atoms with Crippen LogP contribution in [0.4, 0.5) is 11.4 Å². The zero-order valence-corrected chi connectivity index (χ0v) is 13.7. The first-order valence-electron chi connectivity index (χ1n) is 8.67. The number of hydrazine groups is 1. The molecule has 21 heavy (non-hydrogen) atoms. The number of benzene rings is 1. The van der Waals surface area contributed by atoms with Gasteiger partial charge in [-0.15, -0.1) is 0 Å². The number of anilines is 2. The van der Waals surface area contributed by atoms with E-state index in [1.807, 2.05) is 12.1 Å². The Morgan fingerprint density at radius 3 is 1.71 bits per heavy atom. The molecule has 0 fully saturated rings. The molecular formula is C18H33N3. The van der Waals surface area contributed by atoms with Gasteiger partial charge >= 0.3 is 0 Å². The summed E-state index contributed by atoms with van der Waals surface area (Å²) >= 11 is 0. The van der Waals surface area contributed by atoms with Crippen LogP contribution in [-0.4, -0.2) is 6.54 Å². The van der Waals surface area contributed by atoms with Crippen molar-refractivity contribution < 1.29 is 0 Å². The summed E-state index contributed by atoms with van der Waals surface area (Å²) in [5, 5.41) is 3.45. The Bertz CT molecular complexity index is 335. The fraction of sp³-hybridized carbons (Fsp3) is 0.667. The molecule has 0 radical (unpaired) electrons. The highest BCUT2D eigenvalue weighted by atomic mass is 15.2. The van der Waals surface area contributed by atoms with E-state index < -0.39 is 0 Å². The third kappa shape index (κ3) is 9.35. The third-order valence-electron chi connectivity index (χ3n) is 3.91. The van der Waals surface area contributed by atoms with Gasteiger partial charge in [0.1, 0.15) is 0 Å². The molecule has 0 spiro atoms. The number of hydrogen-bond acceptors (Lipinski definition) is 3. The highest BCUT2D eigenvalue weighted by Crippen LogP contribution is 2.13. The van der Waals surface area contributed by atoms with Crippen LogP contribution in [0.1, 0.15) is 71.1 Å². The topological polar surface area (TPSA) is 50.1 Å². The Morgan fingerprint density at radius 2 is 1.19 bits per heavy atom. The van der Waals surface area contributed by atoms with Gasteiger partial charge in [-0.1, -0.05) is 64.7 Å². The molecule has 0 unspecified atom stereocenters. The summed E-state index contributed by atoms with van der Waals surface area (Å²) in [5.41, 5.74) is 4.75. The number of hydrogen-bond donors (Lipinski definition) is 3. The van der Waals surface area contributed by atoms with E-state index in [0.717, 1.165) is 12.2 Å². The SMILES string of the molecule is CCCCCCCCCCCCNc1ccc(NN)cc1. The highest BCUT2D eigenvalue weighted by Gasteiger charge is 1.94. The standard InChI is InChI=1S/C18H33N3/c1-2-3-4-5-6-7-8-9-10-11-16-20-17-12-14-18(21-19)15-13-17/h12-15,20-21H,2-11,16,19H2,1H3. The first-order chi connectivity index (χ1) is 10.4. The lowest BCUT2D eigenvalue weighted by atomic mass is 10.1. The zero-order chi connectivity index (χ0) is 15.2. The van der Waals surface area contributed by atoms with E-state index >= 15 is 0 Å². The molecule has 0 aliphatic carbocycles. The second-order valence-corrected chi connectivity index (χ2v) is 5.83. The molecule has 0 atom stereocenters. The smallest absolute Gasteiger partial charge is 0.0486 e. The van der Waals surface area contributed by atoms with Crippen LogP contribution in [0, 0.1) is 0 Å². The van der Waals surface area contributed by atoms with Gasteiger partial charge in [-0.25, -0.2) is 0 Å². The van der Waals surface area contributed by atoms with Crippen molar-refractivity contribution in [2.24, 2.45) is 5.84 Å². The van der Waals surface area contributed by atoms with E-state index in [2.05, 4.69) is 29.8 Å². The number of nitrogens with one attached hydrogen (secondary N) is 2. The quantitative estimate of drug-likeness (QED) is 0.262. The average molecular weight is 291 g/mol. The molecule has 0 bridgehead atoms. The van der Waals surface area contributed by atoms with Crippen LogP contribution < -0.4 is 16.6 Å². The van der Waals surface area contributed by atoms with Gasteiger partial charge in [0.05, 0.1) is 0 Å². The van der Waals surface area contributed by atoms with E-state index in [-0.39, 0.29) is 0 Å². The number of unbranched alkanes of at least 4 members (excludes halogenated alkanes) is 9.